The summed E-state index contributed by atoms with van der Waals surface area (Å²) in [7, 11) is 0. The van der Waals surface area contributed by atoms with Crippen LogP contribution in [-0.4, -0.2) is 36.3 Å². The Morgan fingerprint density at radius 1 is 1.04 bits per heavy atom. The summed E-state index contributed by atoms with van der Waals surface area (Å²) in [5.41, 5.74) is 6.58. The largest absolute Gasteiger partial charge is 0.339 e. The Kier molecular flexibility index (Phi) is 9.63. The highest BCUT2D eigenvalue weighted by atomic mass is 35.5. The summed E-state index contributed by atoms with van der Waals surface area (Å²) in [5, 5.41) is 2.92. The third-order valence-corrected chi connectivity index (χ3v) is 4.67. The van der Waals surface area contributed by atoms with Gasteiger partial charge in [0.2, 0.25) is 5.91 Å². The predicted molar refractivity (Wildman–Crippen MR) is 102 cm³/mol. The molecule has 5 nitrogen and oxygen atoms in total. The SMILES string of the molecule is CCN(CC)C(=O)c1ccc(NC(=O)C(CC)(CC)CN)cc1.Cl. The number of halogens is 1. The number of anilines is 1. The lowest BCUT2D eigenvalue weighted by atomic mass is 9.81. The number of carbonyl (C=O) groups excluding carboxylic acids is 2. The van der Waals surface area contributed by atoms with Gasteiger partial charge in [0.15, 0.2) is 0 Å². The van der Waals surface area contributed by atoms with Crippen LogP contribution in [0.1, 0.15) is 50.9 Å². The first-order chi connectivity index (χ1) is 11.0. The molecule has 0 fully saturated rings. The maximum atomic E-state index is 12.5. The summed E-state index contributed by atoms with van der Waals surface area (Å²) < 4.78 is 0. The smallest absolute Gasteiger partial charge is 0.253 e. The molecule has 1 aromatic carbocycles. The van der Waals surface area contributed by atoms with Crippen LogP contribution in [0.5, 0.6) is 0 Å². The summed E-state index contributed by atoms with van der Waals surface area (Å²) in [6.45, 7) is 9.55. The Hall–Kier alpha value is -1.59. The van der Waals surface area contributed by atoms with E-state index in [1.165, 1.54) is 0 Å². The molecule has 0 bridgehead atoms. The standard InChI is InChI=1S/C18H29N3O2.ClH/c1-5-18(6-2,13-19)17(23)20-15-11-9-14(10-12-15)16(22)21(7-3)8-4;/h9-12H,5-8,13,19H2,1-4H3,(H,20,23);1H. The van der Waals surface area contributed by atoms with Gasteiger partial charge in [0.1, 0.15) is 0 Å². The van der Waals surface area contributed by atoms with Crippen molar-refractivity contribution in [3.05, 3.63) is 29.8 Å². The van der Waals surface area contributed by atoms with Gasteiger partial charge >= 0.3 is 0 Å². The van der Waals surface area contributed by atoms with E-state index in [4.69, 9.17) is 5.73 Å². The summed E-state index contributed by atoms with van der Waals surface area (Å²) in [5.74, 6) is -0.0564. The van der Waals surface area contributed by atoms with Gasteiger partial charge in [-0.2, -0.15) is 0 Å². The average Bonchev–Trinajstić information content (AvgIpc) is 2.58. The van der Waals surface area contributed by atoms with Crippen molar-refractivity contribution in [2.45, 2.75) is 40.5 Å². The van der Waals surface area contributed by atoms with Crippen LogP contribution in [0.3, 0.4) is 0 Å². The highest BCUT2D eigenvalue weighted by Gasteiger charge is 2.33. The second-order valence-electron chi connectivity index (χ2n) is 5.70. The molecule has 0 saturated carbocycles. The fraction of sp³-hybridized carbons (Fsp3) is 0.556. The highest BCUT2D eigenvalue weighted by Crippen LogP contribution is 2.27. The zero-order valence-electron chi connectivity index (χ0n) is 15.1. The summed E-state index contributed by atoms with van der Waals surface area (Å²) in [6.07, 6.45) is 1.40. The second kappa shape index (κ2) is 10.3. The lowest BCUT2D eigenvalue weighted by Crippen LogP contribution is -2.41. The van der Waals surface area contributed by atoms with Crippen molar-refractivity contribution >= 4 is 29.9 Å². The van der Waals surface area contributed by atoms with E-state index in [2.05, 4.69) is 5.32 Å². The molecule has 0 atom stereocenters. The van der Waals surface area contributed by atoms with E-state index in [9.17, 15) is 9.59 Å². The monoisotopic (exact) mass is 355 g/mol. The molecule has 0 spiro atoms. The molecule has 1 aromatic rings. The van der Waals surface area contributed by atoms with Crippen LogP contribution in [0.4, 0.5) is 5.69 Å². The second-order valence-corrected chi connectivity index (χ2v) is 5.70. The van der Waals surface area contributed by atoms with Gasteiger partial charge < -0.3 is 16.0 Å². The molecule has 2 amide bonds. The Bertz CT molecular complexity index is 515. The van der Waals surface area contributed by atoms with E-state index in [0.717, 1.165) is 0 Å². The maximum absolute atomic E-state index is 12.5. The minimum atomic E-state index is -0.532. The Balaban J connectivity index is 0.00000529. The normalized spacial score (nSPS) is 10.7. The average molecular weight is 356 g/mol. The van der Waals surface area contributed by atoms with Crippen LogP contribution < -0.4 is 11.1 Å². The third-order valence-electron chi connectivity index (χ3n) is 4.67. The number of rotatable bonds is 8. The van der Waals surface area contributed by atoms with Gasteiger partial charge in [0.05, 0.1) is 5.41 Å². The number of nitrogens with two attached hydrogens (primary N) is 1. The quantitative estimate of drug-likeness (QED) is 0.751. The summed E-state index contributed by atoms with van der Waals surface area (Å²) in [4.78, 5) is 26.5. The highest BCUT2D eigenvalue weighted by molar-refractivity contribution is 5.97. The van der Waals surface area contributed by atoms with E-state index in [-0.39, 0.29) is 24.2 Å². The van der Waals surface area contributed by atoms with Crippen molar-refractivity contribution in [1.29, 1.82) is 0 Å². The molecule has 0 aliphatic carbocycles. The van der Waals surface area contributed by atoms with Crippen LogP contribution >= 0.6 is 12.4 Å². The number of nitrogens with one attached hydrogen (secondary N) is 1. The third kappa shape index (κ3) is 4.95. The zero-order chi connectivity index (χ0) is 17.5. The lowest BCUT2D eigenvalue weighted by molar-refractivity contribution is -0.125. The fourth-order valence-electron chi connectivity index (χ4n) is 2.61. The van der Waals surface area contributed by atoms with Crippen molar-refractivity contribution < 1.29 is 9.59 Å². The van der Waals surface area contributed by atoms with Crippen LogP contribution in [0.15, 0.2) is 24.3 Å². The molecule has 24 heavy (non-hydrogen) atoms. The molecule has 0 aliphatic rings. The molecule has 3 N–H and O–H groups in total. The molecular formula is C18H30ClN3O2. The van der Waals surface area contributed by atoms with Gasteiger partial charge in [-0.25, -0.2) is 0 Å². The number of benzene rings is 1. The van der Waals surface area contributed by atoms with Crippen molar-refractivity contribution in [3.8, 4) is 0 Å². The first-order valence-corrected chi connectivity index (χ1v) is 8.38. The molecule has 1 rings (SSSR count). The van der Waals surface area contributed by atoms with Gasteiger partial charge in [-0.1, -0.05) is 13.8 Å². The topological polar surface area (TPSA) is 75.4 Å². The maximum Gasteiger partial charge on any atom is 0.253 e. The van der Waals surface area contributed by atoms with E-state index < -0.39 is 5.41 Å². The van der Waals surface area contributed by atoms with E-state index in [1.807, 2.05) is 27.7 Å². The first kappa shape index (κ1) is 22.4. The number of amides is 2. The van der Waals surface area contributed by atoms with Gasteiger partial charge in [0, 0.05) is 30.9 Å². The van der Waals surface area contributed by atoms with Gasteiger partial charge in [0.25, 0.3) is 5.91 Å². The first-order valence-electron chi connectivity index (χ1n) is 8.38. The summed E-state index contributed by atoms with van der Waals surface area (Å²) >= 11 is 0. The molecule has 0 aliphatic heterocycles. The van der Waals surface area contributed by atoms with Crippen LogP contribution in [0, 0.1) is 5.41 Å². The molecule has 0 heterocycles. The number of hydrogen-bond donors (Lipinski definition) is 2. The predicted octanol–water partition coefficient (Wildman–Crippen LogP) is 3.29. The molecule has 0 unspecified atom stereocenters. The van der Waals surface area contributed by atoms with E-state index >= 15 is 0 Å². The molecular weight excluding hydrogens is 326 g/mol. The molecule has 0 aromatic heterocycles. The van der Waals surface area contributed by atoms with E-state index in [1.54, 1.807) is 29.2 Å². The minimum Gasteiger partial charge on any atom is -0.339 e. The summed E-state index contributed by atoms with van der Waals surface area (Å²) in [6, 6.07) is 7.03. The molecule has 136 valence electrons. The lowest BCUT2D eigenvalue weighted by Gasteiger charge is -2.28. The Morgan fingerprint density at radius 2 is 1.54 bits per heavy atom. The molecule has 0 saturated heterocycles. The van der Waals surface area contributed by atoms with E-state index in [0.29, 0.717) is 43.7 Å². The zero-order valence-corrected chi connectivity index (χ0v) is 15.9. The van der Waals surface area contributed by atoms with Crippen LogP contribution in [-0.2, 0) is 4.79 Å². The van der Waals surface area contributed by atoms with Crippen LogP contribution in [0.2, 0.25) is 0 Å². The molecule has 0 radical (unpaired) electrons. The number of nitrogens with zero attached hydrogens (tertiary/aromatic N) is 1. The number of carbonyl (C=O) groups is 2. The van der Waals surface area contributed by atoms with Gasteiger partial charge in [-0.05, 0) is 51.0 Å². The Labute approximate surface area is 151 Å². The van der Waals surface area contributed by atoms with Crippen molar-refractivity contribution in [1.82, 2.24) is 4.90 Å². The Morgan fingerprint density at radius 3 is 1.92 bits per heavy atom. The van der Waals surface area contributed by atoms with Crippen molar-refractivity contribution in [2.75, 3.05) is 25.0 Å². The van der Waals surface area contributed by atoms with Crippen molar-refractivity contribution in [2.24, 2.45) is 11.1 Å². The number of hydrogen-bond acceptors (Lipinski definition) is 3. The van der Waals surface area contributed by atoms with Crippen LogP contribution in [0.25, 0.3) is 0 Å². The minimum absolute atomic E-state index is 0. The van der Waals surface area contributed by atoms with Crippen molar-refractivity contribution in [3.63, 3.8) is 0 Å². The fourth-order valence-corrected chi connectivity index (χ4v) is 2.61. The molecule has 6 heteroatoms. The van der Waals surface area contributed by atoms with Gasteiger partial charge in [-0.15, -0.1) is 12.4 Å². The van der Waals surface area contributed by atoms with Gasteiger partial charge in [-0.3, -0.25) is 9.59 Å².